The number of nitrogens with one attached hydrogen (secondary N) is 1. The Labute approximate surface area is 186 Å². The topological polar surface area (TPSA) is 145 Å². The molecule has 0 radical (unpaired) electrons. The van der Waals surface area contributed by atoms with Gasteiger partial charge in [-0.15, -0.1) is 0 Å². The predicted molar refractivity (Wildman–Crippen MR) is 108 cm³/mol. The summed E-state index contributed by atoms with van der Waals surface area (Å²) in [5.74, 6) is -2.18. The molecule has 3 rings (SSSR count). The van der Waals surface area contributed by atoms with Gasteiger partial charge in [-0.2, -0.15) is 0 Å². The summed E-state index contributed by atoms with van der Waals surface area (Å²) in [6.07, 6.45) is 1.37. The van der Waals surface area contributed by atoms with Crippen LogP contribution in [0.4, 0.5) is 4.79 Å². The molecule has 11 nitrogen and oxygen atoms in total. The molecule has 1 saturated heterocycles. The molecule has 168 valence electrons. The Bertz CT molecular complexity index is 1120. The molecule has 0 spiro atoms. The molecule has 0 saturated carbocycles. The number of aliphatic carboxylic acids is 1. The summed E-state index contributed by atoms with van der Waals surface area (Å²) < 4.78 is 20.1. The number of esters is 1. The first-order valence-corrected chi connectivity index (χ1v) is 9.35. The summed E-state index contributed by atoms with van der Waals surface area (Å²) in [6.45, 7) is -0.824. The molecule has 1 fully saturated rings. The Hall–Kier alpha value is -3.99. The molecule has 3 amide bonds. The molecule has 2 N–H and O–H groups in total. The number of nitrogens with zero attached hydrogens (tertiary/aromatic N) is 1. The average Bonchev–Trinajstić information content (AvgIpc) is 3.32. The molecule has 1 aliphatic rings. The number of hydrogen-bond acceptors (Lipinski definition) is 8. The Morgan fingerprint density at radius 3 is 2.66 bits per heavy atom. The van der Waals surface area contributed by atoms with E-state index in [0.717, 1.165) is 4.90 Å². The highest BCUT2D eigenvalue weighted by molar-refractivity contribution is 6.32. The van der Waals surface area contributed by atoms with Crippen LogP contribution in [0, 0.1) is 0 Å². The number of carbonyl (C=O) groups is 4. The Balaban J connectivity index is 1.80. The van der Waals surface area contributed by atoms with Crippen molar-refractivity contribution in [2.45, 2.75) is 6.54 Å². The van der Waals surface area contributed by atoms with Crippen molar-refractivity contribution in [3.05, 3.63) is 52.1 Å². The van der Waals surface area contributed by atoms with Crippen LogP contribution in [0.5, 0.6) is 11.5 Å². The first-order valence-electron chi connectivity index (χ1n) is 8.97. The fraction of sp³-hybridized carbons (Fsp3) is 0.200. The number of halogens is 1. The molecule has 1 aliphatic heterocycles. The number of amides is 3. The molecule has 2 aromatic rings. The number of carbonyl (C=O) groups excluding carboxylic acids is 3. The smallest absolute Gasteiger partial charge is 0.373 e. The molecule has 1 aromatic heterocycles. The van der Waals surface area contributed by atoms with E-state index in [1.54, 1.807) is 0 Å². The van der Waals surface area contributed by atoms with Crippen LogP contribution in [0.15, 0.2) is 34.4 Å². The van der Waals surface area contributed by atoms with Crippen molar-refractivity contribution in [3.63, 3.8) is 0 Å². The number of hydrogen-bond donors (Lipinski definition) is 2. The molecule has 0 unspecified atom stereocenters. The van der Waals surface area contributed by atoms with E-state index in [9.17, 15) is 19.2 Å². The Morgan fingerprint density at radius 2 is 2.00 bits per heavy atom. The lowest BCUT2D eigenvalue weighted by atomic mass is 10.1. The highest BCUT2D eigenvalue weighted by atomic mass is 35.5. The summed E-state index contributed by atoms with van der Waals surface area (Å²) in [7, 11) is 2.54. The first-order chi connectivity index (χ1) is 15.2. The number of urea groups is 1. The maximum Gasteiger partial charge on any atom is 0.373 e. The highest BCUT2D eigenvalue weighted by Gasteiger charge is 2.34. The number of rotatable bonds is 8. The van der Waals surface area contributed by atoms with E-state index in [2.05, 4.69) is 10.1 Å². The molecule has 32 heavy (non-hydrogen) atoms. The zero-order valence-corrected chi connectivity index (χ0v) is 17.6. The third-order valence-electron chi connectivity index (χ3n) is 4.23. The molecule has 12 heteroatoms. The van der Waals surface area contributed by atoms with Crippen LogP contribution in [0.2, 0.25) is 5.02 Å². The number of ether oxygens (including phenoxy) is 3. The van der Waals surface area contributed by atoms with Crippen LogP contribution in [0.1, 0.15) is 21.9 Å². The van der Waals surface area contributed by atoms with Crippen molar-refractivity contribution in [1.82, 2.24) is 10.2 Å². The van der Waals surface area contributed by atoms with Crippen LogP contribution in [-0.4, -0.2) is 54.7 Å². The molecule has 0 aliphatic carbocycles. The Kier molecular flexibility index (Phi) is 6.69. The summed E-state index contributed by atoms with van der Waals surface area (Å²) in [5, 5.41) is 11.3. The minimum atomic E-state index is -1.19. The van der Waals surface area contributed by atoms with Crippen molar-refractivity contribution in [1.29, 1.82) is 0 Å². The number of imide groups is 1. The number of furan rings is 1. The van der Waals surface area contributed by atoms with Gasteiger partial charge in [-0.1, -0.05) is 11.6 Å². The summed E-state index contributed by atoms with van der Waals surface area (Å²) in [5.41, 5.74) is 0.359. The molecule has 2 heterocycles. The fourth-order valence-corrected chi connectivity index (χ4v) is 3.08. The summed E-state index contributed by atoms with van der Waals surface area (Å²) in [6, 6.07) is 5.03. The average molecular weight is 465 g/mol. The highest BCUT2D eigenvalue weighted by Crippen LogP contribution is 2.37. The standard InChI is InChI=1S/C20H17ClN2O9/c1-29-15-7-10(5-12(21)17(15)31-9-16(24)25)6-13-18(26)23(20(28)22-13)8-11-3-4-14(32-11)19(27)30-2/h3-7H,8-9H2,1-2H3,(H,22,28)(H,24,25). The van der Waals surface area contributed by atoms with Gasteiger partial charge in [0.25, 0.3) is 5.91 Å². The molecule has 0 bridgehead atoms. The molecule has 0 atom stereocenters. The second-order valence-corrected chi connectivity index (χ2v) is 6.76. The van der Waals surface area contributed by atoms with Crippen molar-refractivity contribution in [2.24, 2.45) is 0 Å². The molecule has 1 aromatic carbocycles. The van der Waals surface area contributed by atoms with Gasteiger partial charge in [0.05, 0.1) is 25.8 Å². The lowest BCUT2D eigenvalue weighted by Gasteiger charge is -2.12. The van der Waals surface area contributed by atoms with Gasteiger partial charge in [0, 0.05) is 0 Å². The summed E-state index contributed by atoms with van der Waals surface area (Å²) >= 11 is 6.16. The summed E-state index contributed by atoms with van der Waals surface area (Å²) in [4.78, 5) is 48.1. The minimum Gasteiger partial charge on any atom is -0.493 e. The van der Waals surface area contributed by atoms with E-state index in [4.69, 9.17) is 30.6 Å². The van der Waals surface area contributed by atoms with Gasteiger partial charge in [-0.25, -0.2) is 14.4 Å². The van der Waals surface area contributed by atoms with E-state index in [-0.39, 0.29) is 40.3 Å². The van der Waals surface area contributed by atoms with Crippen molar-refractivity contribution >= 4 is 41.6 Å². The Morgan fingerprint density at radius 1 is 1.25 bits per heavy atom. The second kappa shape index (κ2) is 9.43. The van der Waals surface area contributed by atoms with E-state index >= 15 is 0 Å². The van der Waals surface area contributed by atoms with Crippen LogP contribution < -0.4 is 14.8 Å². The van der Waals surface area contributed by atoms with Gasteiger partial charge in [0.1, 0.15) is 11.5 Å². The van der Waals surface area contributed by atoms with Gasteiger partial charge in [-0.3, -0.25) is 9.69 Å². The van der Waals surface area contributed by atoms with Gasteiger partial charge in [0.2, 0.25) is 5.76 Å². The number of carboxylic acids is 1. The maximum absolute atomic E-state index is 12.7. The van der Waals surface area contributed by atoms with E-state index in [1.807, 2.05) is 0 Å². The first kappa shape index (κ1) is 22.7. The quantitative estimate of drug-likeness (QED) is 0.341. The third kappa shape index (κ3) is 4.83. The second-order valence-electron chi connectivity index (χ2n) is 6.35. The van der Waals surface area contributed by atoms with E-state index in [1.165, 1.54) is 44.6 Å². The van der Waals surface area contributed by atoms with Crippen LogP contribution in [0.3, 0.4) is 0 Å². The number of methoxy groups -OCH3 is 2. The largest absolute Gasteiger partial charge is 0.493 e. The zero-order chi connectivity index (χ0) is 23.4. The van der Waals surface area contributed by atoms with Gasteiger partial charge in [0.15, 0.2) is 18.1 Å². The van der Waals surface area contributed by atoms with E-state index in [0.29, 0.717) is 5.56 Å². The van der Waals surface area contributed by atoms with Crippen LogP contribution >= 0.6 is 11.6 Å². The van der Waals surface area contributed by atoms with E-state index < -0.39 is 30.5 Å². The minimum absolute atomic E-state index is 0.0290. The third-order valence-corrected chi connectivity index (χ3v) is 4.51. The SMILES string of the molecule is COC(=O)c1ccc(CN2C(=O)NC(=Cc3cc(Cl)c(OCC(=O)O)c(OC)c3)C2=O)o1. The number of benzene rings is 1. The zero-order valence-electron chi connectivity index (χ0n) is 16.8. The maximum atomic E-state index is 12.7. The molecular formula is C20H17ClN2O9. The monoisotopic (exact) mass is 464 g/mol. The van der Waals surface area contributed by atoms with Gasteiger partial charge in [-0.05, 0) is 35.9 Å². The van der Waals surface area contributed by atoms with Crippen molar-refractivity contribution < 1.29 is 42.9 Å². The van der Waals surface area contributed by atoms with Crippen LogP contribution in [0.25, 0.3) is 6.08 Å². The lowest BCUT2D eigenvalue weighted by molar-refractivity contribution is -0.139. The molecular weight excluding hydrogens is 448 g/mol. The van der Waals surface area contributed by atoms with Gasteiger partial charge < -0.3 is 29.1 Å². The predicted octanol–water partition coefficient (Wildman–Crippen LogP) is 2.28. The normalized spacial score (nSPS) is 14.5. The number of carboxylic acid groups (broad SMARTS) is 1. The fourth-order valence-electron chi connectivity index (χ4n) is 2.81. The van der Waals surface area contributed by atoms with Crippen molar-refractivity contribution in [2.75, 3.05) is 20.8 Å². The van der Waals surface area contributed by atoms with Crippen LogP contribution in [-0.2, 0) is 20.9 Å². The van der Waals surface area contributed by atoms with Gasteiger partial charge >= 0.3 is 18.0 Å². The lowest BCUT2D eigenvalue weighted by Crippen LogP contribution is -2.30. The van der Waals surface area contributed by atoms with Crippen molar-refractivity contribution in [3.8, 4) is 11.5 Å².